The minimum atomic E-state index is -1.31. The van der Waals surface area contributed by atoms with E-state index in [9.17, 15) is 34.8 Å². The molecule has 0 amide bonds. The van der Waals surface area contributed by atoms with E-state index in [0.29, 0.717) is 12.0 Å². The molecule has 0 radical (unpaired) electrons. The van der Waals surface area contributed by atoms with Gasteiger partial charge in [-0.1, -0.05) is 38.5 Å². The number of ether oxygens (including phenoxy) is 7. The number of carbonyl (C=O) groups is 3. The van der Waals surface area contributed by atoms with Crippen molar-refractivity contribution in [3.8, 4) is 0 Å². The number of aliphatic hydroxyl groups excluding tert-OH is 4. The standard InChI is InChI=1S/C39H65NO14/c1-11-29-26(19-50-39-37(49-10)36(48-9)33(46)24(6)52-39)16-20(2)12-13-27(42)21(3)17-25(14-15-41)35(22(4)28(43)18-30(44)53-29)54-38-34(47)31(40(7)8)32(45)23(5)51-38/h12-13,15-16,21-26,28-29,31-39,43,45-47H,11,14,17-19H2,1-10H3/b13-12-,20-16-/t21-,22+,23-,24-,25+,26-,28-,29-,31+,32-,33-,34-,35-,36-,37-,38+,39-/m1/s1. The first kappa shape index (κ1) is 46.2. The molecule has 15 nitrogen and oxygen atoms in total. The van der Waals surface area contributed by atoms with Crippen LogP contribution in [0.25, 0.3) is 0 Å². The van der Waals surface area contributed by atoms with Gasteiger partial charge in [-0.3, -0.25) is 9.59 Å². The lowest BCUT2D eigenvalue weighted by Crippen LogP contribution is -2.63. The number of cyclic esters (lactones) is 1. The summed E-state index contributed by atoms with van der Waals surface area (Å²) in [5.74, 6) is -3.37. The largest absolute Gasteiger partial charge is 0.462 e. The highest BCUT2D eigenvalue weighted by Gasteiger charge is 2.48. The summed E-state index contributed by atoms with van der Waals surface area (Å²) in [7, 11) is 6.36. The second kappa shape index (κ2) is 21.4. The van der Waals surface area contributed by atoms with Gasteiger partial charge in [-0.05, 0) is 59.7 Å². The Morgan fingerprint density at radius 3 is 2.11 bits per heavy atom. The van der Waals surface area contributed by atoms with E-state index in [4.69, 9.17) is 33.2 Å². The second-order valence-corrected chi connectivity index (χ2v) is 15.4. The number of ketones is 1. The van der Waals surface area contributed by atoms with Crippen molar-refractivity contribution < 1.29 is 68.0 Å². The first-order valence-electron chi connectivity index (χ1n) is 19.0. The van der Waals surface area contributed by atoms with Crippen molar-refractivity contribution in [2.24, 2.45) is 23.7 Å². The molecule has 0 aromatic carbocycles. The lowest BCUT2D eigenvalue weighted by atomic mass is 9.79. The van der Waals surface area contributed by atoms with Gasteiger partial charge >= 0.3 is 5.97 Å². The summed E-state index contributed by atoms with van der Waals surface area (Å²) in [5, 5.41) is 44.2. The van der Waals surface area contributed by atoms with Gasteiger partial charge in [0.1, 0.15) is 36.8 Å². The highest BCUT2D eigenvalue weighted by atomic mass is 16.7. The van der Waals surface area contributed by atoms with Gasteiger partial charge in [0.25, 0.3) is 0 Å². The van der Waals surface area contributed by atoms with Crippen LogP contribution < -0.4 is 0 Å². The van der Waals surface area contributed by atoms with Crippen molar-refractivity contribution in [1.29, 1.82) is 0 Å². The molecule has 4 N–H and O–H groups in total. The maximum Gasteiger partial charge on any atom is 0.308 e. The molecule has 54 heavy (non-hydrogen) atoms. The quantitative estimate of drug-likeness (QED) is 0.174. The lowest BCUT2D eigenvalue weighted by Gasteiger charge is -2.46. The van der Waals surface area contributed by atoms with Crippen molar-refractivity contribution in [2.75, 3.05) is 34.9 Å². The normalized spacial score (nSPS) is 43.6. The molecule has 0 spiro atoms. The van der Waals surface area contributed by atoms with Gasteiger partial charge in [-0.15, -0.1) is 0 Å². The van der Waals surface area contributed by atoms with Crippen molar-refractivity contribution in [3.63, 3.8) is 0 Å². The molecule has 2 fully saturated rings. The third-order valence-corrected chi connectivity index (χ3v) is 11.1. The smallest absolute Gasteiger partial charge is 0.308 e. The average Bonchev–Trinajstić information content (AvgIpc) is 3.12. The summed E-state index contributed by atoms with van der Waals surface area (Å²) in [6.07, 6.45) is -5.36. The SMILES string of the molecule is CC[C@H]1OC(=O)C[C@@H](O)[C@H](C)[C@@H](O[C@@H]2O[C@H](C)[C@@H](O)[C@H](N(C)C)[C@H]2O)[C@@H](CC=O)C[C@@H](C)C(=O)/C=C\C(C)=C/[C@@H]1CO[C@@H]1O[C@H](C)[C@@H](O)[C@@H](OC)[C@H]1OC. The highest BCUT2D eigenvalue weighted by molar-refractivity contribution is 5.91. The van der Waals surface area contributed by atoms with Crippen LogP contribution in [-0.4, -0.2) is 158 Å². The summed E-state index contributed by atoms with van der Waals surface area (Å²) in [4.78, 5) is 40.8. The highest BCUT2D eigenvalue weighted by Crippen LogP contribution is 2.35. The minimum Gasteiger partial charge on any atom is -0.462 e. The Kier molecular flexibility index (Phi) is 18.3. The van der Waals surface area contributed by atoms with E-state index in [1.54, 1.807) is 52.8 Å². The molecule has 310 valence electrons. The van der Waals surface area contributed by atoms with Crippen LogP contribution in [0.15, 0.2) is 23.8 Å². The summed E-state index contributed by atoms with van der Waals surface area (Å²) in [6.45, 7) is 10.5. The summed E-state index contributed by atoms with van der Waals surface area (Å²) < 4.78 is 41.6. The molecule has 3 rings (SSSR count). The van der Waals surface area contributed by atoms with Crippen LogP contribution in [0.2, 0.25) is 0 Å². The van der Waals surface area contributed by atoms with E-state index in [0.717, 1.165) is 6.29 Å². The predicted octanol–water partition coefficient (Wildman–Crippen LogP) is 1.56. The van der Waals surface area contributed by atoms with E-state index in [2.05, 4.69) is 0 Å². The predicted molar refractivity (Wildman–Crippen MR) is 196 cm³/mol. The fourth-order valence-corrected chi connectivity index (χ4v) is 7.76. The van der Waals surface area contributed by atoms with Crippen LogP contribution in [0, 0.1) is 23.7 Å². The zero-order valence-electron chi connectivity index (χ0n) is 33.5. The Hall–Kier alpha value is -2.15. The first-order chi connectivity index (χ1) is 25.5. The van der Waals surface area contributed by atoms with Crippen LogP contribution in [0.1, 0.15) is 67.2 Å². The Morgan fingerprint density at radius 1 is 0.889 bits per heavy atom. The molecule has 2 saturated heterocycles. The fourth-order valence-electron chi connectivity index (χ4n) is 7.76. The van der Waals surface area contributed by atoms with Gasteiger partial charge in [0.2, 0.25) is 0 Å². The van der Waals surface area contributed by atoms with E-state index < -0.39 is 116 Å². The van der Waals surface area contributed by atoms with Gasteiger partial charge < -0.3 is 63.3 Å². The number of allylic oxidation sites excluding steroid dienone is 3. The van der Waals surface area contributed by atoms with Gasteiger partial charge in [-0.2, -0.15) is 0 Å². The Balaban J connectivity index is 1.96. The first-order valence-corrected chi connectivity index (χ1v) is 19.0. The van der Waals surface area contributed by atoms with Crippen molar-refractivity contribution in [1.82, 2.24) is 4.90 Å². The Morgan fingerprint density at radius 2 is 1.52 bits per heavy atom. The van der Waals surface area contributed by atoms with E-state index in [-0.39, 0.29) is 25.2 Å². The minimum absolute atomic E-state index is 0.0120. The number of methoxy groups -OCH3 is 2. The number of aldehydes is 1. The second-order valence-electron chi connectivity index (χ2n) is 15.4. The van der Waals surface area contributed by atoms with Crippen LogP contribution in [0.3, 0.4) is 0 Å². The molecule has 0 aromatic heterocycles. The molecule has 3 aliphatic rings. The average molecular weight is 772 g/mol. The third-order valence-electron chi connectivity index (χ3n) is 11.1. The number of likely N-dealkylation sites (N-methyl/N-ethyl adjacent to an activating group) is 1. The van der Waals surface area contributed by atoms with Gasteiger partial charge in [0.05, 0.1) is 49.6 Å². The molecule has 0 aromatic rings. The molecule has 0 saturated carbocycles. The molecule has 0 bridgehead atoms. The number of esters is 1. The lowest BCUT2D eigenvalue weighted by molar-refractivity contribution is -0.304. The maximum atomic E-state index is 13.6. The van der Waals surface area contributed by atoms with Crippen LogP contribution >= 0.6 is 0 Å². The van der Waals surface area contributed by atoms with Gasteiger partial charge in [0, 0.05) is 38.4 Å². The Labute approximate surface area is 319 Å². The van der Waals surface area contributed by atoms with E-state index in [1.807, 2.05) is 19.9 Å². The Bertz CT molecular complexity index is 1260. The zero-order valence-corrected chi connectivity index (χ0v) is 33.5. The molecular formula is C39H65NO14. The van der Waals surface area contributed by atoms with E-state index in [1.165, 1.54) is 20.3 Å². The van der Waals surface area contributed by atoms with Crippen molar-refractivity contribution >= 4 is 18.0 Å². The van der Waals surface area contributed by atoms with Crippen molar-refractivity contribution in [3.05, 3.63) is 23.8 Å². The fraction of sp³-hybridized carbons (Fsp3) is 0.821. The van der Waals surface area contributed by atoms with Crippen LogP contribution in [-0.2, 0) is 47.5 Å². The van der Waals surface area contributed by atoms with Gasteiger partial charge in [0.15, 0.2) is 18.4 Å². The molecule has 17 atom stereocenters. The topological polar surface area (TPSA) is 200 Å². The summed E-state index contributed by atoms with van der Waals surface area (Å²) in [6, 6.07) is -0.740. The number of hydrogen-bond donors (Lipinski definition) is 4. The van der Waals surface area contributed by atoms with E-state index >= 15 is 0 Å². The number of aliphatic hydroxyl groups is 4. The summed E-state index contributed by atoms with van der Waals surface area (Å²) in [5.41, 5.74) is 0.701. The number of nitrogens with zero attached hydrogens (tertiary/aromatic N) is 1. The number of carbonyl (C=O) groups excluding carboxylic acids is 3. The van der Waals surface area contributed by atoms with Crippen LogP contribution in [0.4, 0.5) is 0 Å². The van der Waals surface area contributed by atoms with Crippen LogP contribution in [0.5, 0.6) is 0 Å². The third kappa shape index (κ3) is 11.7. The van der Waals surface area contributed by atoms with Crippen molar-refractivity contribution in [2.45, 2.75) is 147 Å². The maximum absolute atomic E-state index is 13.6. The molecule has 0 unspecified atom stereocenters. The molecule has 15 heteroatoms. The zero-order chi connectivity index (χ0) is 40.4. The molecular weight excluding hydrogens is 706 g/mol. The number of hydrogen-bond acceptors (Lipinski definition) is 15. The molecule has 0 aliphatic carbocycles. The monoisotopic (exact) mass is 771 g/mol. The summed E-state index contributed by atoms with van der Waals surface area (Å²) >= 11 is 0. The van der Waals surface area contributed by atoms with Gasteiger partial charge in [-0.25, -0.2) is 0 Å². The molecule has 3 aliphatic heterocycles. The number of rotatable bonds is 11. The molecule has 3 heterocycles.